The molecule has 1 aliphatic rings. The molecule has 4 amide bonds. The highest BCUT2D eigenvalue weighted by Crippen LogP contribution is 2.21. The van der Waals surface area contributed by atoms with Crippen LogP contribution in [-0.2, 0) is 4.84 Å². The smallest absolute Gasteiger partial charge is 0.375 e. The van der Waals surface area contributed by atoms with Gasteiger partial charge in [-0.3, -0.25) is 0 Å². The molecule has 0 bridgehead atoms. The van der Waals surface area contributed by atoms with Gasteiger partial charge in [-0.1, -0.05) is 27.5 Å². The van der Waals surface area contributed by atoms with Crippen LogP contribution in [-0.4, -0.2) is 56.6 Å². The summed E-state index contributed by atoms with van der Waals surface area (Å²) in [7, 11) is 6.39. The minimum atomic E-state index is -0.682. The molecule has 0 N–H and O–H groups in total. The van der Waals surface area contributed by atoms with Gasteiger partial charge in [-0.2, -0.15) is 0 Å². The van der Waals surface area contributed by atoms with Crippen LogP contribution in [0.5, 0.6) is 0 Å². The van der Waals surface area contributed by atoms with E-state index < -0.39 is 12.1 Å². The molecule has 1 aromatic carbocycles. The number of urea groups is 2. The van der Waals surface area contributed by atoms with Gasteiger partial charge in [0.05, 0.1) is 39.1 Å². The molecular weight excluding hydrogens is 310 g/mol. The van der Waals surface area contributed by atoms with E-state index in [0.717, 1.165) is 33.6 Å². The normalized spacial score (nSPS) is 15.3. The highest BCUT2D eigenvalue weighted by atomic mass is 16.6. The van der Waals surface area contributed by atoms with Crippen LogP contribution in [0.2, 0.25) is 0 Å². The molecule has 0 spiro atoms. The highest BCUT2D eigenvalue weighted by molar-refractivity contribution is 6.17. The molecule has 1 aliphatic heterocycles. The molecule has 128 valence electrons. The average Bonchev–Trinajstić information content (AvgIpc) is 2.85. The number of hydrogen-bond acceptors (Lipinski definition) is 4. The van der Waals surface area contributed by atoms with E-state index in [1.54, 1.807) is 24.3 Å². The lowest BCUT2D eigenvalue weighted by atomic mass is 10.1. The summed E-state index contributed by atoms with van der Waals surface area (Å²) >= 11 is 0. The summed E-state index contributed by atoms with van der Waals surface area (Å²) in [5.41, 5.74) is 1.99. The first-order valence-corrected chi connectivity index (χ1v) is 7.65. The molecule has 0 saturated heterocycles. The Labute approximate surface area is 141 Å². The predicted molar refractivity (Wildman–Crippen MR) is 90.2 cm³/mol. The molecule has 0 saturated carbocycles. The zero-order valence-corrected chi connectivity index (χ0v) is 14.4. The maximum absolute atomic E-state index is 11.5. The second-order valence-electron chi connectivity index (χ2n) is 6.52. The van der Waals surface area contributed by atoms with Crippen molar-refractivity contribution >= 4 is 23.5 Å². The Balaban J connectivity index is 1.91. The van der Waals surface area contributed by atoms with Crippen LogP contribution in [0.4, 0.5) is 15.3 Å². The number of rotatable bonds is 7. The van der Waals surface area contributed by atoms with Crippen LogP contribution >= 0.6 is 0 Å². The number of oxime groups is 1. The number of benzene rings is 1. The molecule has 8 nitrogen and oxygen atoms in total. The number of anilines is 1. The lowest BCUT2D eigenvalue weighted by molar-refractivity contribution is -0.870. The van der Waals surface area contributed by atoms with Crippen molar-refractivity contribution in [2.45, 2.75) is 13.3 Å². The van der Waals surface area contributed by atoms with Crippen LogP contribution in [0.25, 0.3) is 0 Å². The van der Waals surface area contributed by atoms with Gasteiger partial charge in [0.2, 0.25) is 0 Å². The van der Waals surface area contributed by atoms with E-state index in [1.165, 1.54) is 0 Å². The fraction of sp³-hybridized carbons (Fsp3) is 0.438. The lowest BCUT2D eigenvalue weighted by Crippen LogP contribution is -2.35. The van der Waals surface area contributed by atoms with E-state index >= 15 is 0 Å². The van der Waals surface area contributed by atoms with Gasteiger partial charge >= 0.3 is 12.1 Å². The Hall–Kier alpha value is -2.61. The molecule has 0 aliphatic carbocycles. The SMILES string of the molecule is C/C(=N\OCCC[N+](C)(C)C)c1ccc(N2C(=O)N=NC2=O)cc1. The summed E-state index contributed by atoms with van der Waals surface area (Å²) in [6, 6.07) is 5.47. The van der Waals surface area contributed by atoms with E-state index in [4.69, 9.17) is 4.84 Å². The Bertz CT molecular complexity index is 656. The molecule has 1 heterocycles. The quantitative estimate of drug-likeness (QED) is 0.333. The van der Waals surface area contributed by atoms with Crippen LogP contribution in [0.3, 0.4) is 0 Å². The van der Waals surface area contributed by atoms with Crippen molar-refractivity contribution < 1.29 is 18.9 Å². The minimum Gasteiger partial charge on any atom is -0.395 e. The van der Waals surface area contributed by atoms with Crippen molar-refractivity contribution in [1.29, 1.82) is 0 Å². The molecule has 1 aromatic rings. The third-order valence-electron chi connectivity index (χ3n) is 3.41. The predicted octanol–water partition coefficient (Wildman–Crippen LogP) is 3.04. The van der Waals surface area contributed by atoms with Gasteiger partial charge in [0.15, 0.2) is 0 Å². The largest absolute Gasteiger partial charge is 0.395 e. The van der Waals surface area contributed by atoms with Crippen LogP contribution in [0.15, 0.2) is 39.6 Å². The number of nitrogens with zero attached hydrogens (tertiary/aromatic N) is 5. The molecule has 2 rings (SSSR count). The first-order chi connectivity index (χ1) is 11.3. The van der Waals surface area contributed by atoms with E-state index in [2.05, 4.69) is 36.5 Å². The number of carbonyl (C=O) groups excluding carboxylic acids is 2. The molecular formula is C16H22N5O3+. The van der Waals surface area contributed by atoms with E-state index in [1.807, 2.05) is 6.92 Å². The van der Waals surface area contributed by atoms with Gasteiger partial charge in [-0.25, -0.2) is 14.5 Å². The maximum Gasteiger partial charge on any atom is 0.375 e. The summed E-state index contributed by atoms with van der Waals surface area (Å²) in [5, 5.41) is 10.5. The Kier molecular flexibility index (Phi) is 5.40. The molecule has 0 aromatic heterocycles. The number of imide groups is 1. The first kappa shape index (κ1) is 17.7. The maximum atomic E-state index is 11.5. The third kappa shape index (κ3) is 4.69. The lowest BCUT2D eigenvalue weighted by Gasteiger charge is -2.23. The van der Waals surface area contributed by atoms with Gasteiger partial charge in [0.25, 0.3) is 0 Å². The summed E-state index contributed by atoms with van der Waals surface area (Å²) < 4.78 is 0.889. The summed E-state index contributed by atoms with van der Waals surface area (Å²) in [6.07, 6.45) is 0.922. The van der Waals surface area contributed by atoms with Gasteiger partial charge in [0.1, 0.15) is 6.61 Å². The summed E-state index contributed by atoms with van der Waals surface area (Å²) in [6.45, 7) is 3.41. The van der Waals surface area contributed by atoms with Gasteiger partial charge in [-0.05, 0) is 24.6 Å². The first-order valence-electron chi connectivity index (χ1n) is 7.65. The average molecular weight is 332 g/mol. The van der Waals surface area contributed by atoms with Crippen molar-refractivity contribution in [3.8, 4) is 0 Å². The van der Waals surface area contributed by atoms with Crippen LogP contribution in [0.1, 0.15) is 18.9 Å². The Morgan fingerprint density at radius 2 is 1.71 bits per heavy atom. The Morgan fingerprint density at radius 1 is 1.12 bits per heavy atom. The number of azo groups is 1. The molecule has 0 unspecified atom stereocenters. The highest BCUT2D eigenvalue weighted by Gasteiger charge is 2.28. The second-order valence-corrected chi connectivity index (χ2v) is 6.52. The molecule has 8 heteroatoms. The van der Waals surface area contributed by atoms with E-state index in [-0.39, 0.29) is 0 Å². The van der Waals surface area contributed by atoms with Crippen molar-refractivity contribution in [1.82, 2.24) is 0 Å². The fourth-order valence-electron chi connectivity index (χ4n) is 2.13. The van der Waals surface area contributed by atoms with Gasteiger partial charge in [0, 0.05) is 6.42 Å². The summed E-state index contributed by atoms with van der Waals surface area (Å²) in [4.78, 5) is 29.2. The zero-order valence-electron chi connectivity index (χ0n) is 14.4. The standard InChI is InChI=1S/C16H22N5O3/c1-12(19-24-11-5-10-21(2,3)4)13-6-8-14(9-7-13)20-15(22)17-18-16(20)23/h6-9H,5,10-11H2,1-4H3/q+1/b19-12+. The van der Waals surface area contributed by atoms with E-state index in [9.17, 15) is 9.59 Å². The zero-order chi connectivity index (χ0) is 17.7. The molecule has 24 heavy (non-hydrogen) atoms. The Morgan fingerprint density at radius 3 is 2.25 bits per heavy atom. The third-order valence-corrected chi connectivity index (χ3v) is 3.41. The minimum absolute atomic E-state index is 0.426. The molecule has 0 atom stereocenters. The van der Waals surface area contributed by atoms with Gasteiger partial charge < -0.3 is 9.32 Å². The van der Waals surface area contributed by atoms with Gasteiger partial charge in [-0.15, -0.1) is 0 Å². The number of amides is 4. The van der Waals surface area contributed by atoms with Crippen molar-refractivity contribution in [3.63, 3.8) is 0 Å². The fourth-order valence-corrected chi connectivity index (χ4v) is 2.13. The number of carbonyl (C=O) groups is 2. The number of hydrogen-bond donors (Lipinski definition) is 0. The van der Waals surface area contributed by atoms with Crippen molar-refractivity contribution in [3.05, 3.63) is 29.8 Å². The van der Waals surface area contributed by atoms with Crippen molar-refractivity contribution in [2.24, 2.45) is 15.4 Å². The van der Waals surface area contributed by atoms with Crippen LogP contribution in [0, 0.1) is 0 Å². The monoisotopic (exact) mass is 332 g/mol. The molecule has 0 fully saturated rings. The van der Waals surface area contributed by atoms with E-state index in [0.29, 0.717) is 12.3 Å². The number of quaternary nitrogens is 1. The second kappa shape index (κ2) is 7.31. The molecule has 0 radical (unpaired) electrons. The van der Waals surface area contributed by atoms with Crippen molar-refractivity contribution in [2.75, 3.05) is 39.2 Å². The summed E-state index contributed by atoms with van der Waals surface area (Å²) in [5.74, 6) is 0. The van der Waals surface area contributed by atoms with Crippen LogP contribution < -0.4 is 4.90 Å². The topological polar surface area (TPSA) is 83.7 Å².